The van der Waals surface area contributed by atoms with E-state index in [0.717, 1.165) is 50.3 Å². The van der Waals surface area contributed by atoms with Gasteiger partial charge in [0.05, 0.1) is 13.2 Å². The summed E-state index contributed by atoms with van der Waals surface area (Å²) in [4.78, 5) is 29.0. The molecule has 0 aromatic heterocycles. The van der Waals surface area contributed by atoms with E-state index in [0.29, 0.717) is 25.8 Å². The summed E-state index contributed by atoms with van der Waals surface area (Å²) in [5.41, 5.74) is 1.13. The lowest BCUT2D eigenvalue weighted by Crippen LogP contribution is -2.38. The Hall–Kier alpha value is -2.08. The monoisotopic (exact) mass is 419 g/mol. The number of methoxy groups -OCH3 is 1. The van der Waals surface area contributed by atoms with Crippen molar-refractivity contribution in [2.24, 2.45) is 0 Å². The van der Waals surface area contributed by atoms with Gasteiger partial charge in [-0.25, -0.2) is 0 Å². The van der Waals surface area contributed by atoms with Crippen LogP contribution in [0.25, 0.3) is 0 Å². The molecule has 6 nitrogen and oxygen atoms in total. The van der Waals surface area contributed by atoms with Crippen molar-refractivity contribution >= 4 is 11.8 Å². The fraction of sp³-hybridized carbons (Fsp3) is 0.667. The third-order valence-electron chi connectivity index (χ3n) is 5.36. The molecule has 0 heterocycles. The Morgan fingerprint density at radius 2 is 1.70 bits per heavy atom. The molecule has 1 N–H and O–H groups in total. The fourth-order valence-electron chi connectivity index (χ4n) is 3.73. The number of nitrogens with one attached hydrogen (secondary N) is 1. The van der Waals surface area contributed by atoms with Gasteiger partial charge in [0.2, 0.25) is 11.8 Å². The molecule has 0 bridgehead atoms. The number of likely N-dealkylation sites (N-methyl/N-ethyl adjacent to an activating group) is 1. The molecule has 1 aromatic rings. The Bertz CT molecular complexity index is 626. The maximum atomic E-state index is 12.4. The summed E-state index contributed by atoms with van der Waals surface area (Å²) in [6, 6.07) is 8.11. The van der Waals surface area contributed by atoms with Gasteiger partial charge in [0.1, 0.15) is 5.75 Å². The highest BCUT2D eigenvalue weighted by Gasteiger charge is 2.19. The second-order valence-electron chi connectivity index (χ2n) is 7.55. The van der Waals surface area contributed by atoms with Crippen LogP contribution in [0, 0.1) is 0 Å². The van der Waals surface area contributed by atoms with Crippen molar-refractivity contribution in [3.63, 3.8) is 0 Å². The summed E-state index contributed by atoms with van der Waals surface area (Å²) in [6.45, 7) is 12.3. The average molecular weight is 420 g/mol. The molecule has 2 amide bonds. The molecule has 0 spiro atoms. The predicted octanol–water partition coefficient (Wildman–Crippen LogP) is 4.01. The van der Waals surface area contributed by atoms with Crippen molar-refractivity contribution in [1.82, 2.24) is 15.1 Å². The molecule has 0 radical (unpaired) electrons. The number of benzene rings is 1. The molecule has 1 unspecified atom stereocenters. The van der Waals surface area contributed by atoms with E-state index in [-0.39, 0.29) is 17.9 Å². The first-order chi connectivity index (χ1) is 14.5. The largest absolute Gasteiger partial charge is 0.497 e. The molecule has 0 saturated heterocycles. The van der Waals surface area contributed by atoms with Gasteiger partial charge < -0.3 is 15.0 Å². The number of hydrogen-bond acceptors (Lipinski definition) is 4. The highest BCUT2D eigenvalue weighted by molar-refractivity contribution is 5.79. The van der Waals surface area contributed by atoms with Crippen molar-refractivity contribution in [3.8, 4) is 5.75 Å². The Labute approximate surface area is 183 Å². The zero-order valence-electron chi connectivity index (χ0n) is 19.6. The van der Waals surface area contributed by atoms with Gasteiger partial charge in [-0.3, -0.25) is 14.5 Å². The van der Waals surface area contributed by atoms with E-state index in [2.05, 4.69) is 44.0 Å². The summed E-state index contributed by atoms with van der Waals surface area (Å²) < 4.78 is 5.37. The van der Waals surface area contributed by atoms with E-state index >= 15 is 0 Å². The van der Waals surface area contributed by atoms with E-state index < -0.39 is 0 Å². The van der Waals surface area contributed by atoms with Gasteiger partial charge in [-0.1, -0.05) is 39.8 Å². The number of amides is 2. The van der Waals surface area contributed by atoms with Crippen LogP contribution in [0.5, 0.6) is 5.75 Å². The smallest absolute Gasteiger partial charge is 0.222 e. The first kappa shape index (κ1) is 26.0. The normalized spacial score (nSPS) is 11.9. The molecule has 0 aliphatic rings. The first-order valence-electron chi connectivity index (χ1n) is 11.4. The molecule has 1 aromatic carbocycles. The zero-order valence-corrected chi connectivity index (χ0v) is 19.6. The van der Waals surface area contributed by atoms with Crippen molar-refractivity contribution in [2.75, 3.05) is 39.8 Å². The van der Waals surface area contributed by atoms with Gasteiger partial charge in [-0.05, 0) is 50.0 Å². The molecule has 1 atom stereocenters. The molecule has 170 valence electrons. The van der Waals surface area contributed by atoms with Crippen LogP contribution >= 0.6 is 0 Å². The highest BCUT2D eigenvalue weighted by Crippen LogP contribution is 2.23. The van der Waals surface area contributed by atoms with E-state index in [1.165, 1.54) is 0 Å². The van der Waals surface area contributed by atoms with Gasteiger partial charge >= 0.3 is 0 Å². The Morgan fingerprint density at radius 1 is 1.03 bits per heavy atom. The number of carbonyl (C=O) groups is 2. The fourth-order valence-corrected chi connectivity index (χ4v) is 3.73. The summed E-state index contributed by atoms with van der Waals surface area (Å²) in [5, 5.41) is 3.07. The minimum absolute atomic E-state index is 0.000357. The third kappa shape index (κ3) is 8.74. The predicted molar refractivity (Wildman–Crippen MR) is 123 cm³/mol. The number of rotatable bonds is 15. The summed E-state index contributed by atoms with van der Waals surface area (Å²) in [6.07, 6.45) is 3.32. The van der Waals surface area contributed by atoms with Crippen LogP contribution in [0.3, 0.4) is 0 Å². The molecule has 0 aliphatic carbocycles. The van der Waals surface area contributed by atoms with Gasteiger partial charge in [0, 0.05) is 32.5 Å². The molecular weight excluding hydrogens is 378 g/mol. The summed E-state index contributed by atoms with van der Waals surface area (Å²) in [5.74, 6) is 0.975. The van der Waals surface area contributed by atoms with E-state index in [9.17, 15) is 9.59 Å². The lowest BCUT2D eigenvalue weighted by molar-refractivity contribution is -0.131. The Kier molecular flexibility index (Phi) is 12.8. The average Bonchev–Trinajstić information content (AvgIpc) is 2.76. The molecule has 0 fully saturated rings. The highest BCUT2D eigenvalue weighted by atomic mass is 16.5. The van der Waals surface area contributed by atoms with Crippen molar-refractivity contribution < 1.29 is 14.3 Å². The molecular formula is C24H41N3O3. The van der Waals surface area contributed by atoms with Crippen molar-refractivity contribution in [3.05, 3.63) is 29.8 Å². The molecule has 0 saturated carbocycles. The van der Waals surface area contributed by atoms with E-state index in [4.69, 9.17) is 4.74 Å². The second-order valence-corrected chi connectivity index (χ2v) is 7.55. The molecule has 0 aliphatic heterocycles. The van der Waals surface area contributed by atoms with E-state index in [1.54, 1.807) is 7.11 Å². The summed E-state index contributed by atoms with van der Waals surface area (Å²) in [7, 11) is 1.66. The standard InChI is InChI=1S/C24H41N3O3/c1-6-16-27(17-7-2)24(29)15-11-14-23(28)25-19-22(26(8-3)9-4)20-12-10-13-21(18-20)30-5/h10,12-13,18,22H,6-9,11,14-17,19H2,1-5H3,(H,25,28). The topological polar surface area (TPSA) is 61.9 Å². The minimum atomic E-state index is 0.000357. The zero-order chi connectivity index (χ0) is 22.4. The van der Waals surface area contributed by atoms with Crippen molar-refractivity contribution in [2.45, 2.75) is 65.8 Å². The van der Waals surface area contributed by atoms with Gasteiger partial charge in [0.15, 0.2) is 0 Å². The SMILES string of the molecule is CCCN(CCC)C(=O)CCCC(=O)NCC(c1cccc(OC)c1)N(CC)CC. The van der Waals surface area contributed by atoms with Crippen molar-refractivity contribution in [1.29, 1.82) is 0 Å². The second kappa shape index (κ2) is 14.8. The maximum Gasteiger partial charge on any atom is 0.222 e. The van der Waals surface area contributed by atoms with Gasteiger partial charge in [0.25, 0.3) is 0 Å². The molecule has 6 heteroatoms. The Morgan fingerprint density at radius 3 is 2.27 bits per heavy atom. The van der Waals surface area contributed by atoms with Crippen LogP contribution in [0.1, 0.15) is 71.4 Å². The van der Waals surface area contributed by atoms with Gasteiger partial charge in [-0.2, -0.15) is 0 Å². The van der Waals surface area contributed by atoms with Crippen LogP contribution in [0.2, 0.25) is 0 Å². The Balaban J connectivity index is 2.60. The quantitative estimate of drug-likeness (QED) is 0.467. The minimum Gasteiger partial charge on any atom is -0.497 e. The summed E-state index contributed by atoms with van der Waals surface area (Å²) >= 11 is 0. The lowest BCUT2D eigenvalue weighted by atomic mass is 10.0. The first-order valence-corrected chi connectivity index (χ1v) is 11.4. The number of hydrogen-bond donors (Lipinski definition) is 1. The lowest BCUT2D eigenvalue weighted by Gasteiger charge is -2.30. The van der Waals surface area contributed by atoms with Gasteiger partial charge in [-0.15, -0.1) is 0 Å². The number of nitrogens with zero attached hydrogens (tertiary/aromatic N) is 2. The van der Waals surface area contributed by atoms with Crippen LogP contribution < -0.4 is 10.1 Å². The van der Waals surface area contributed by atoms with Crippen LogP contribution in [0.4, 0.5) is 0 Å². The van der Waals surface area contributed by atoms with Crippen LogP contribution in [-0.2, 0) is 9.59 Å². The van der Waals surface area contributed by atoms with Crippen LogP contribution in [-0.4, -0.2) is 61.4 Å². The molecule has 30 heavy (non-hydrogen) atoms. The maximum absolute atomic E-state index is 12.4. The number of ether oxygens (including phenoxy) is 1. The van der Waals surface area contributed by atoms with E-state index in [1.807, 2.05) is 23.1 Å². The third-order valence-corrected chi connectivity index (χ3v) is 5.36. The van der Waals surface area contributed by atoms with Crippen LogP contribution in [0.15, 0.2) is 24.3 Å². The molecule has 1 rings (SSSR count). The number of carbonyl (C=O) groups excluding carboxylic acids is 2.